The Morgan fingerprint density at radius 2 is 2.04 bits per heavy atom. The second kappa shape index (κ2) is 9.34. The van der Waals surface area contributed by atoms with E-state index in [0.29, 0.717) is 26.2 Å². The maximum absolute atomic E-state index is 13.1. The number of hydrogen-bond donors (Lipinski definition) is 1. The first kappa shape index (κ1) is 20.7. The lowest BCUT2D eigenvalue weighted by Crippen LogP contribution is -2.63. The van der Waals surface area contributed by atoms with Gasteiger partial charge in [0.25, 0.3) is 0 Å². The zero-order chi connectivity index (χ0) is 19.2. The molecule has 2 rings (SSSR count). The predicted molar refractivity (Wildman–Crippen MR) is 92.6 cm³/mol. The number of nitrogens with zero attached hydrogens (tertiary/aromatic N) is 2. The number of rotatable bonds is 7. The zero-order valence-electron chi connectivity index (χ0n) is 15.1. The average Bonchev–Trinajstić information content (AvgIpc) is 2.60. The minimum Gasteiger partial charge on any atom is -0.383 e. The van der Waals surface area contributed by atoms with Crippen molar-refractivity contribution in [3.05, 3.63) is 35.9 Å². The number of alkyl halides is 3. The molecule has 2 atom stereocenters. The fourth-order valence-electron chi connectivity index (χ4n) is 3.13. The highest BCUT2D eigenvalue weighted by molar-refractivity contribution is 5.78. The molecule has 5 nitrogen and oxygen atoms in total. The number of piperazine rings is 1. The van der Waals surface area contributed by atoms with Crippen LogP contribution >= 0.6 is 0 Å². The molecule has 1 amide bonds. The summed E-state index contributed by atoms with van der Waals surface area (Å²) in [7, 11) is 1.55. The van der Waals surface area contributed by atoms with Crippen molar-refractivity contribution >= 4 is 5.91 Å². The number of carbonyl (C=O) groups excluding carboxylic acids is 1. The van der Waals surface area contributed by atoms with Crippen LogP contribution in [0.25, 0.3) is 0 Å². The molecule has 1 heterocycles. The smallest absolute Gasteiger partial charge is 0.383 e. The standard InChI is InChI=1S/C18H26F3N3O2/c1-14-17(18(19,20)21)22-8-9-23(14)13-16(25)24(10-11-26-2)12-15-6-4-3-5-7-15/h3-7,14,17,22H,8-13H2,1-2H3/t14-,17-/m0/s1. The van der Waals surface area contributed by atoms with Crippen LogP contribution in [0.2, 0.25) is 0 Å². The lowest BCUT2D eigenvalue weighted by atomic mass is 10.0. The maximum atomic E-state index is 13.1. The lowest BCUT2D eigenvalue weighted by Gasteiger charge is -2.41. The summed E-state index contributed by atoms with van der Waals surface area (Å²) in [6.45, 7) is 3.27. The Bertz CT molecular complexity index is 569. The highest BCUT2D eigenvalue weighted by atomic mass is 19.4. The van der Waals surface area contributed by atoms with E-state index in [0.717, 1.165) is 5.56 Å². The fourth-order valence-corrected chi connectivity index (χ4v) is 3.13. The van der Waals surface area contributed by atoms with Crippen LogP contribution < -0.4 is 5.32 Å². The van der Waals surface area contributed by atoms with Gasteiger partial charge in [-0.2, -0.15) is 13.2 Å². The number of amides is 1. The lowest BCUT2D eigenvalue weighted by molar-refractivity contribution is -0.177. The second-order valence-electron chi connectivity index (χ2n) is 6.48. The SMILES string of the molecule is COCCN(Cc1ccccc1)C(=O)CN1CCN[C@H](C(F)(F)F)[C@@H]1C. The number of ether oxygens (including phenoxy) is 1. The number of methoxy groups -OCH3 is 1. The highest BCUT2D eigenvalue weighted by Crippen LogP contribution is 2.26. The Balaban J connectivity index is 2.03. The van der Waals surface area contributed by atoms with Crippen molar-refractivity contribution in [2.24, 2.45) is 0 Å². The number of hydrogen-bond acceptors (Lipinski definition) is 4. The topological polar surface area (TPSA) is 44.8 Å². The molecule has 1 N–H and O–H groups in total. The number of nitrogens with one attached hydrogen (secondary N) is 1. The molecule has 0 saturated carbocycles. The summed E-state index contributed by atoms with van der Waals surface area (Å²) in [5, 5.41) is 2.50. The molecule has 0 aliphatic carbocycles. The van der Waals surface area contributed by atoms with Crippen molar-refractivity contribution in [2.45, 2.75) is 31.7 Å². The number of benzene rings is 1. The molecule has 1 aliphatic heterocycles. The largest absolute Gasteiger partial charge is 0.405 e. The molecule has 26 heavy (non-hydrogen) atoms. The third-order valence-electron chi connectivity index (χ3n) is 4.65. The van der Waals surface area contributed by atoms with Crippen molar-refractivity contribution in [3.8, 4) is 0 Å². The Labute approximate surface area is 152 Å². The summed E-state index contributed by atoms with van der Waals surface area (Å²) in [4.78, 5) is 16.0. The molecule has 146 valence electrons. The average molecular weight is 373 g/mol. The Morgan fingerprint density at radius 3 is 2.65 bits per heavy atom. The molecule has 1 aromatic carbocycles. The van der Waals surface area contributed by atoms with E-state index >= 15 is 0 Å². The van der Waals surface area contributed by atoms with Crippen molar-refractivity contribution in [2.75, 3.05) is 39.9 Å². The second-order valence-corrected chi connectivity index (χ2v) is 6.48. The van der Waals surface area contributed by atoms with Gasteiger partial charge in [0.15, 0.2) is 0 Å². The van der Waals surface area contributed by atoms with Crippen LogP contribution in [0.5, 0.6) is 0 Å². The van der Waals surface area contributed by atoms with Gasteiger partial charge in [0, 0.05) is 39.3 Å². The van der Waals surface area contributed by atoms with Gasteiger partial charge in [-0.25, -0.2) is 0 Å². The van der Waals surface area contributed by atoms with Gasteiger partial charge in [-0.3, -0.25) is 9.69 Å². The van der Waals surface area contributed by atoms with Crippen LogP contribution in [0.3, 0.4) is 0 Å². The molecule has 8 heteroatoms. The number of halogens is 3. The summed E-state index contributed by atoms with van der Waals surface area (Å²) < 4.78 is 44.4. The van der Waals surface area contributed by atoms with Crippen molar-refractivity contribution in [1.29, 1.82) is 0 Å². The van der Waals surface area contributed by atoms with Crippen molar-refractivity contribution in [3.63, 3.8) is 0 Å². The van der Waals surface area contributed by atoms with Gasteiger partial charge in [-0.15, -0.1) is 0 Å². The monoisotopic (exact) mass is 373 g/mol. The molecule has 0 aromatic heterocycles. The summed E-state index contributed by atoms with van der Waals surface area (Å²) in [5.41, 5.74) is 0.971. The highest BCUT2D eigenvalue weighted by Gasteiger charge is 2.46. The summed E-state index contributed by atoms with van der Waals surface area (Å²) in [6.07, 6.45) is -4.33. The third-order valence-corrected chi connectivity index (χ3v) is 4.65. The fraction of sp³-hybridized carbons (Fsp3) is 0.611. The van der Waals surface area contributed by atoms with E-state index in [1.54, 1.807) is 16.9 Å². The predicted octanol–water partition coefficient (Wildman–Crippen LogP) is 1.89. The van der Waals surface area contributed by atoms with Crippen LogP contribution in [-0.2, 0) is 16.1 Å². The van der Waals surface area contributed by atoms with E-state index in [1.807, 2.05) is 30.3 Å². The van der Waals surface area contributed by atoms with Crippen LogP contribution in [0.1, 0.15) is 12.5 Å². The van der Waals surface area contributed by atoms with Gasteiger partial charge in [-0.1, -0.05) is 30.3 Å². The molecule has 1 fully saturated rings. The molecule has 0 bridgehead atoms. The van der Waals surface area contributed by atoms with Gasteiger partial charge < -0.3 is 15.0 Å². The van der Waals surface area contributed by atoms with Gasteiger partial charge in [0.1, 0.15) is 6.04 Å². The van der Waals surface area contributed by atoms with Gasteiger partial charge in [-0.05, 0) is 12.5 Å². The first-order chi connectivity index (χ1) is 12.3. The minimum absolute atomic E-state index is 0.0357. The molecule has 0 spiro atoms. The first-order valence-electron chi connectivity index (χ1n) is 8.67. The Hall–Kier alpha value is -1.64. The molecule has 0 radical (unpaired) electrons. The van der Waals surface area contributed by atoms with Gasteiger partial charge >= 0.3 is 6.18 Å². The Kier molecular flexibility index (Phi) is 7.43. The third kappa shape index (κ3) is 5.69. The van der Waals surface area contributed by atoms with E-state index in [-0.39, 0.29) is 19.0 Å². The number of carbonyl (C=O) groups is 1. The molecule has 1 saturated heterocycles. The maximum Gasteiger partial charge on any atom is 0.405 e. The molecule has 1 aromatic rings. The molecule has 0 unspecified atom stereocenters. The Morgan fingerprint density at radius 1 is 1.35 bits per heavy atom. The summed E-state index contributed by atoms with van der Waals surface area (Å²) in [5.74, 6) is -0.194. The molecular formula is C18H26F3N3O2. The van der Waals surface area contributed by atoms with Gasteiger partial charge in [0.2, 0.25) is 5.91 Å². The minimum atomic E-state index is -4.33. The van der Waals surface area contributed by atoms with E-state index < -0.39 is 18.3 Å². The van der Waals surface area contributed by atoms with Crippen LogP contribution in [0.4, 0.5) is 13.2 Å². The van der Waals surface area contributed by atoms with Crippen LogP contribution in [0.15, 0.2) is 30.3 Å². The van der Waals surface area contributed by atoms with Crippen molar-refractivity contribution < 1.29 is 22.7 Å². The van der Waals surface area contributed by atoms with Crippen LogP contribution in [0, 0.1) is 0 Å². The summed E-state index contributed by atoms with van der Waals surface area (Å²) in [6, 6.07) is 7.09. The zero-order valence-corrected chi connectivity index (χ0v) is 15.1. The quantitative estimate of drug-likeness (QED) is 0.793. The van der Waals surface area contributed by atoms with E-state index in [9.17, 15) is 18.0 Å². The summed E-state index contributed by atoms with van der Waals surface area (Å²) >= 11 is 0. The first-order valence-corrected chi connectivity index (χ1v) is 8.67. The van der Waals surface area contributed by atoms with Crippen molar-refractivity contribution in [1.82, 2.24) is 15.1 Å². The van der Waals surface area contributed by atoms with E-state index in [4.69, 9.17) is 4.74 Å². The molecule has 1 aliphatic rings. The molecular weight excluding hydrogens is 347 g/mol. The van der Waals surface area contributed by atoms with E-state index in [1.165, 1.54) is 6.92 Å². The van der Waals surface area contributed by atoms with E-state index in [2.05, 4.69) is 5.32 Å². The van der Waals surface area contributed by atoms with Gasteiger partial charge in [0.05, 0.1) is 13.2 Å². The normalized spacial score (nSPS) is 21.6. The van der Waals surface area contributed by atoms with Crippen LogP contribution in [-0.4, -0.2) is 73.9 Å².